The molecule has 1 aromatic carbocycles. The zero-order valence-electron chi connectivity index (χ0n) is 11.5. The van der Waals surface area contributed by atoms with E-state index >= 15 is 0 Å². The lowest BCUT2D eigenvalue weighted by Gasteiger charge is -2.23. The topological polar surface area (TPSA) is 69.6 Å². The van der Waals surface area contributed by atoms with Gasteiger partial charge in [-0.2, -0.15) is 0 Å². The van der Waals surface area contributed by atoms with Gasteiger partial charge < -0.3 is 15.3 Å². The van der Waals surface area contributed by atoms with Gasteiger partial charge in [0.15, 0.2) is 5.82 Å². The van der Waals surface area contributed by atoms with Crippen LogP contribution in [-0.4, -0.2) is 35.1 Å². The number of rotatable bonds is 5. The molecule has 0 atom stereocenters. The van der Waals surface area contributed by atoms with E-state index in [0.717, 1.165) is 11.0 Å². The second kappa shape index (κ2) is 7.21. The lowest BCUT2D eigenvalue weighted by molar-refractivity contribution is -0.137. The smallest absolute Gasteiger partial charge is 0.323 e. The molecule has 0 aromatic heterocycles. The molecular weight excluding hydrogens is 306 g/mol. The molecule has 0 spiro atoms. The number of carboxylic acids is 1. The van der Waals surface area contributed by atoms with Gasteiger partial charge in [0.2, 0.25) is 0 Å². The standard InChI is InChI=1S/C13H15ClF2N2O3/c1-7(2)5-18(6-11(19)20)13(21)17-12-9(14)3-8(15)4-10(12)16/h3-4,7H,5-6H2,1-2H3,(H,17,21)(H,19,20). The van der Waals surface area contributed by atoms with Crippen molar-refractivity contribution in [2.45, 2.75) is 13.8 Å². The molecule has 0 radical (unpaired) electrons. The van der Waals surface area contributed by atoms with Crippen molar-refractivity contribution >= 4 is 29.3 Å². The quantitative estimate of drug-likeness (QED) is 0.875. The lowest BCUT2D eigenvalue weighted by atomic mass is 10.2. The average Bonchev–Trinajstić information content (AvgIpc) is 2.31. The SMILES string of the molecule is CC(C)CN(CC(=O)O)C(=O)Nc1c(F)cc(F)cc1Cl. The van der Waals surface area contributed by atoms with Gasteiger partial charge in [0, 0.05) is 12.6 Å². The number of carbonyl (C=O) groups is 2. The van der Waals surface area contributed by atoms with E-state index in [1.54, 1.807) is 13.8 Å². The molecule has 0 heterocycles. The minimum atomic E-state index is -1.20. The summed E-state index contributed by atoms with van der Waals surface area (Å²) in [5, 5.41) is 10.6. The van der Waals surface area contributed by atoms with Gasteiger partial charge in [-0.25, -0.2) is 13.6 Å². The first kappa shape index (κ1) is 17.2. The summed E-state index contributed by atoms with van der Waals surface area (Å²) in [6.07, 6.45) is 0. The number of anilines is 1. The normalized spacial score (nSPS) is 10.6. The van der Waals surface area contributed by atoms with E-state index < -0.39 is 30.2 Å². The van der Waals surface area contributed by atoms with E-state index in [9.17, 15) is 18.4 Å². The zero-order valence-corrected chi connectivity index (χ0v) is 12.2. The minimum Gasteiger partial charge on any atom is -0.480 e. The molecule has 0 aliphatic rings. The van der Waals surface area contributed by atoms with Crippen LogP contribution in [0.5, 0.6) is 0 Å². The van der Waals surface area contributed by atoms with Gasteiger partial charge in [0.1, 0.15) is 12.4 Å². The Morgan fingerprint density at radius 1 is 1.38 bits per heavy atom. The summed E-state index contributed by atoms with van der Waals surface area (Å²) in [6, 6.07) is 0.605. The summed E-state index contributed by atoms with van der Waals surface area (Å²) in [7, 11) is 0. The third-order valence-electron chi connectivity index (χ3n) is 2.44. The van der Waals surface area contributed by atoms with Gasteiger partial charge in [-0.3, -0.25) is 4.79 Å². The molecule has 0 fully saturated rings. The molecule has 0 aliphatic carbocycles. The van der Waals surface area contributed by atoms with E-state index in [2.05, 4.69) is 5.32 Å². The van der Waals surface area contributed by atoms with Crippen molar-refractivity contribution in [1.82, 2.24) is 4.90 Å². The van der Waals surface area contributed by atoms with Gasteiger partial charge in [-0.15, -0.1) is 0 Å². The Morgan fingerprint density at radius 3 is 2.48 bits per heavy atom. The Morgan fingerprint density at radius 2 is 2.00 bits per heavy atom. The number of amides is 2. The molecule has 116 valence electrons. The maximum atomic E-state index is 13.6. The van der Waals surface area contributed by atoms with Gasteiger partial charge in [-0.05, 0) is 12.0 Å². The molecule has 8 heteroatoms. The molecule has 1 rings (SSSR count). The first-order chi connectivity index (χ1) is 9.70. The monoisotopic (exact) mass is 320 g/mol. The van der Waals surface area contributed by atoms with Gasteiger partial charge in [-0.1, -0.05) is 25.4 Å². The predicted octanol–water partition coefficient (Wildman–Crippen LogP) is 3.19. The fraction of sp³-hybridized carbons (Fsp3) is 0.385. The second-order valence-corrected chi connectivity index (χ2v) is 5.25. The Bertz CT molecular complexity index is 529. The largest absolute Gasteiger partial charge is 0.480 e. The van der Waals surface area contributed by atoms with Crippen molar-refractivity contribution < 1.29 is 23.5 Å². The number of nitrogens with zero attached hydrogens (tertiary/aromatic N) is 1. The molecule has 0 unspecified atom stereocenters. The number of aliphatic carboxylic acids is 1. The number of halogens is 3. The zero-order chi connectivity index (χ0) is 16.2. The molecule has 2 amide bonds. The van der Waals surface area contributed by atoms with Crippen LogP contribution < -0.4 is 5.32 Å². The van der Waals surface area contributed by atoms with Crippen molar-refractivity contribution in [3.05, 3.63) is 28.8 Å². The summed E-state index contributed by atoms with van der Waals surface area (Å²) in [6.45, 7) is 3.23. The number of hydrogen-bond donors (Lipinski definition) is 2. The highest BCUT2D eigenvalue weighted by atomic mass is 35.5. The van der Waals surface area contributed by atoms with Crippen LogP contribution in [0.15, 0.2) is 12.1 Å². The maximum absolute atomic E-state index is 13.6. The highest BCUT2D eigenvalue weighted by Crippen LogP contribution is 2.26. The Hall–Kier alpha value is -1.89. The van der Waals surface area contributed by atoms with E-state index in [1.807, 2.05) is 0 Å². The summed E-state index contributed by atoms with van der Waals surface area (Å²) in [5.41, 5.74) is -0.387. The molecule has 21 heavy (non-hydrogen) atoms. The van der Waals surface area contributed by atoms with Gasteiger partial charge >= 0.3 is 12.0 Å². The van der Waals surface area contributed by atoms with Crippen LogP contribution in [0.1, 0.15) is 13.8 Å². The number of urea groups is 1. The Balaban J connectivity index is 2.93. The van der Waals surface area contributed by atoms with Crippen molar-refractivity contribution in [1.29, 1.82) is 0 Å². The molecule has 0 saturated heterocycles. The molecule has 0 bridgehead atoms. The van der Waals surface area contributed by atoms with Crippen LogP contribution >= 0.6 is 11.6 Å². The molecule has 0 saturated carbocycles. The number of hydrogen-bond acceptors (Lipinski definition) is 2. The van der Waals surface area contributed by atoms with Crippen molar-refractivity contribution in [3.8, 4) is 0 Å². The summed E-state index contributed by atoms with van der Waals surface area (Å²) in [5.74, 6) is -3.09. The van der Waals surface area contributed by atoms with Gasteiger partial charge in [0.05, 0.1) is 10.7 Å². The van der Waals surface area contributed by atoms with Crippen LogP contribution in [0.3, 0.4) is 0 Å². The number of benzene rings is 1. The maximum Gasteiger partial charge on any atom is 0.323 e. The van der Waals surface area contributed by atoms with E-state index in [-0.39, 0.29) is 23.2 Å². The van der Waals surface area contributed by atoms with Crippen LogP contribution in [-0.2, 0) is 4.79 Å². The third kappa shape index (κ3) is 5.18. The lowest BCUT2D eigenvalue weighted by Crippen LogP contribution is -2.41. The summed E-state index contributed by atoms with van der Waals surface area (Å²) >= 11 is 5.67. The molecule has 1 aromatic rings. The first-order valence-electron chi connectivity index (χ1n) is 6.13. The minimum absolute atomic E-state index is 0.0173. The molecule has 2 N–H and O–H groups in total. The van der Waals surface area contributed by atoms with Crippen LogP contribution in [0.25, 0.3) is 0 Å². The number of carboxylic acid groups (broad SMARTS) is 1. The number of carbonyl (C=O) groups excluding carboxylic acids is 1. The van der Waals surface area contributed by atoms with Crippen LogP contribution in [0.2, 0.25) is 5.02 Å². The predicted molar refractivity (Wildman–Crippen MR) is 74.4 cm³/mol. The molecule has 5 nitrogen and oxygen atoms in total. The molecular formula is C13H15ClF2N2O3. The Kier molecular flexibility index (Phi) is 5.90. The van der Waals surface area contributed by atoms with Gasteiger partial charge in [0.25, 0.3) is 0 Å². The highest BCUT2D eigenvalue weighted by molar-refractivity contribution is 6.33. The highest BCUT2D eigenvalue weighted by Gasteiger charge is 2.20. The average molecular weight is 321 g/mol. The van der Waals surface area contributed by atoms with Crippen molar-refractivity contribution in [2.24, 2.45) is 5.92 Å². The Labute approximate surface area is 125 Å². The van der Waals surface area contributed by atoms with Crippen molar-refractivity contribution in [3.63, 3.8) is 0 Å². The van der Waals surface area contributed by atoms with E-state index in [4.69, 9.17) is 16.7 Å². The molecule has 0 aliphatic heterocycles. The summed E-state index contributed by atoms with van der Waals surface area (Å²) < 4.78 is 26.5. The number of nitrogens with one attached hydrogen (secondary N) is 1. The first-order valence-corrected chi connectivity index (χ1v) is 6.50. The van der Waals surface area contributed by atoms with Crippen LogP contribution in [0.4, 0.5) is 19.3 Å². The van der Waals surface area contributed by atoms with E-state index in [0.29, 0.717) is 6.07 Å². The third-order valence-corrected chi connectivity index (χ3v) is 2.74. The fourth-order valence-electron chi connectivity index (χ4n) is 1.67. The van der Waals surface area contributed by atoms with Crippen LogP contribution in [0, 0.1) is 17.6 Å². The summed E-state index contributed by atoms with van der Waals surface area (Å²) in [4.78, 5) is 23.8. The van der Waals surface area contributed by atoms with Crippen molar-refractivity contribution in [2.75, 3.05) is 18.4 Å². The van der Waals surface area contributed by atoms with E-state index in [1.165, 1.54) is 0 Å². The second-order valence-electron chi connectivity index (χ2n) is 4.84. The fourth-order valence-corrected chi connectivity index (χ4v) is 1.91.